The zero-order valence-corrected chi connectivity index (χ0v) is 19.5. The van der Waals surface area contributed by atoms with Crippen molar-refractivity contribution in [2.24, 2.45) is 4.99 Å². The minimum atomic E-state index is 0. The average molecular weight is 497 g/mol. The number of H-pyrrole nitrogens is 1. The third-order valence-electron chi connectivity index (χ3n) is 4.41. The van der Waals surface area contributed by atoms with Crippen molar-refractivity contribution in [2.45, 2.75) is 33.7 Å². The number of nitrogens with zero attached hydrogens (tertiary/aromatic N) is 3. The number of hydrogen-bond donors (Lipinski definition) is 2. The Balaban J connectivity index is 0.00000261. The zero-order chi connectivity index (χ0) is 18.5. The average Bonchev–Trinajstić information content (AvgIpc) is 3.21. The SMILES string of the molecule is CCNC(=NCCc1c[nH]c2c(C)cccc12)N(C)Cc1csc(C)n1.I. The molecule has 0 saturated heterocycles. The third-order valence-corrected chi connectivity index (χ3v) is 5.24. The molecule has 0 bridgehead atoms. The Kier molecular flexibility index (Phi) is 8.09. The number of halogens is 1. The smallest absolute Gasteiger partial charge is 0.194 e. The van der Waals surface area contributed by atoms with E-state index in [0.29, 0.717) is 0 Å². The highest BCUT2D eigenvalue weighted by atomic mass is 127. The molecule has 0 atom stereocenters. The van der Waals surface area contributed by atoms with Crippen LogP contribution < -0.4 is 5.32 Å². The summed E-state index contributed by atoms with van der Waals surface area (Å²) in [6.07, 6.45) is 3.03. The summed E-state index contributed by atoms with van der Waals surface area (Å²) in [5.74, 6) is 0.925. The van der Waals surface area contributed by atoms with Gasteiger partial charge in [0.25, 0.3) is 0 Å². The molecule has 0 aliphatic rings. The monoisotopic (exact) mass is 497 g/mol. The number of benzene rings is 1. The van der Waals surface area contributed by atoms with E-state index in [4.69, 9.17) is 4.99 Å². The number of thiazole rings is 1. The second-order valence-electron chi connectivity index (χ2n) is 6.51. The Morgan fingerprint density at radius 3 is 2.85 bits per heavy atom. The lowest BCUT2D eigenvalue weighted by Crippen LogP contribution is -2.38. The molecule has 0 aliphatic carbocycles. The van der Waals surface area contributed by atoms with Crippen LogP contribution in [0.3, 0.4) is 0 Å². The summed E-state index contributed by atoms with van der Waals surface area (Å²) in [6, 6.07) is 6.44. The molecule has 0 saturated carbocycles. The number of aryl methyl sites for hydroxylation is 2. The van der Waals surface area contributed by atoms with Gasteiger partial charge in [-0.05, 0) is 38.3 Å². The van der Waals surface area contributed by atoms with Gasteiger partial charge in [0.15, 0.2) is 5.96 Å². The standard InChI is InChI=1S/C20H27N5S.HI/c1-5-21-20(25(4)12-17-13-26-15(3)24-17)22-10-9-16-11-23-19-14(2)7-6-8-18(16)19;/h6-8,11,13,23H,5,9-10,12H2,1-4H3,(H,21,22);1H. The maximum Gasteiger partial charge on any atom is 0.194 e. The summed E-state index contributed by atoms with van der Waals surface area (Å²) in [6.45, 7) is 8.64. The van der Waals surface area contributed by atoms with E-state index < -0.39 is 0 Å². The van der Waals surface area contributed by atoms with Gasteiger partial charge in [-0.15, -0.1) is 35.3 Å². The van der Waals surface area contributed by atoms with Crippen LogP contribution in [0.4, 0.5) is 0 Å². The van der Waals surface area contributed by atoms with E-state index in [1.807, 2.05) is 6.92 Å². The predicted molar refractivity (Wildman–Crippen MR) is 126 cm³/mol. The molecule has 0 fully saturated rings. The van der Waals surface area contributed by atoms with Gasteiger partial charge >= 0.3 is 0 Å². The van der Waals surface area contributed by atoms with Gasteiger partial charge in [0, 0.05) is 42.6 Å². The Bertz CT molecular complexity index is 899. The molecule has 2 aromatic heterocycles. The van der Waals surface area contributed by atoms with E-state index in [2.05, 4.69) is 70.9 Å². The lowest BCUT2D eigenvalue weighted by atomic mass is 10.1. The molecule has 5 nitrogen and oxygen atoms in total. The minimum Gasteiger partial charge on any atom is -0.361 e. The van der Waals surface area contributed by atoms with Gasteiger partial charge < -0.3 is 15.2 Å². The Labute approximate surface area is 182 Å². The van der Waals surface area contributed by atoms with Crippen molar-refractivity contribution in [1.29, 1.82) is 0 Å². The summed E-state index contributed by atoms with van der Waals surface area (Å²) in [7, 11) is 2.06. The van der Waals surface area contributed by atoms with Crippen LogP contribution in [-0.4, -0.2) is 41.0 Å². The van der Waals surface area contributed by atoms with Crippen LogP contribution in [0.15, 0.2) is 34.8 Å². The molecule has 0 radical (unpaired) electrons. The van der Waals surface area contributed by atoms with Crippen molar-refractivity contribution >= 4 is 52.2 Å². The third kappa shape index (κ3) is 5.44. The topological polar surface area (TPSA) is 56.3 Å². The summed E-state index contributed by atoms with van der Waals surface area (Å²) in [5, 5.41) is 7.90. The van der Waals surface area contributed by atoms with Gasteiger partial charge in [-0.3, -0.25) is 4.99 Å². The number of nitrogens with one attached hydrogen (secondary N) is 2. The van der Waals surface area contributed by atoms with Crippen LogP contribution in [-0.2, 0) is 13.0 Å². The van der Waals surface area contributed by atoms with Crippen molar-refractivity contribution in [3.63, 3.8) is 0 Å². The number of fused-ring (bicyclic) bond motifs is 1. The Hall–Kier alpha value is -1.61. The fraction of sp³-hybridized carbons (Fsp3) is 0.400. The van der Waals surface area contributed by atoms with Gasteiger partial charge in [-0.25, -0.2) is 4.98 Å². The van der Waals surface area contributed by atoms with Crippen molar-refractivity contribution in [2.75, 3.05) is 20.1 Å². The summed E-state index contributed by atoms with van der Waals surface area (Å²) in [5.41, 5.74) is 4.92. The van der Waals surface area contributed by atoms with Crippen molar-refractivity contribution < 1.29 is 0 Å². The van der Waals surface area contributed by atoms with Crippen LogP contribution in [0.25, 0.3) is 10.9 Å². The Morgan fingerprint density at radius 2 is 2.15 bits per heavy atom. The second kappa shape index (κ2) is 10.1. The summed E-state index contributed by atoms with van der Waals surface area (Å²) < 4.78 is 0. The largest absolute Gasteiger partial charge is 0.361 e. The van der Waals surface area contributed by atoms with Crippen molar-refractivity contribution in [1.82, 2.24) is 20.2 Å². The first-order valence-corrected chi connectivity index (χ1v) is 9.92. The summed E-state index contributed by atoms with van der Waals surface area (Å²) >= 11 is 1.69. The highest BCUT2D eigenvalue weighted by Gasteiger charge is 2.09. The number of rotatable bonds is 6. The van der Waals surface area contributed by atoms with E-state index in [0.717, 1.165) is 42.7 Å². The van der Waals surface area contributed by atoms with Crippen LogP contribution in [0, 0.1) is 13.8 Å². The second-order valence-corrected chi connectivity index (χ2v) is 7.57. The molecule has 146 valence electrons. The molecule has 27 heavy (non-hydrogen) atoms. The molecular weight excluding hydrogens is 469 g/mol. The van der Waals surface area contributed by atoms with Crippen molar-refractivity contribution in [3.05, 3.63) is 51.6 Å². The number of aliphatic imine (C=N–C) groups is 1. The van der Waals surface area contributed by atoms with Gasteiger partial charge in [0.1, 0.15) is 0 Å². The molecule has 2 N–H and O–H groups in total. The van der Waals surface area contributed by atoms with Gasteiger partial charge in [0.2, 0.25) is 0 Å². The number of hydrogen-bond acceptors (Lipinski definition) is 3. The first-order valence-electron chi connectivity index (χ1n) is 9.04. The first kappa shape index (κ1) is 21.7. The highest BCUT2D eigenvalue weighted by Crippen LogP contribution is 2.21. The number of aromatic amines is 1. The van der Waals surface area contributed by atoms with Crippen molar-refractivity contribution in [3.8, 4) is 0 Å². The van der Waals surface area contributed by atoms with Crippen LogP contribution in [0.2, 0.25) is 0 Å². The predicted octanol–water partition coefficient (Wildman–Crippen LogP) is 4.50. The molecule has 0 spiro atoms. The zero-order valence-electron chi connectivity index (χ0n) is 16.4. The molecule has 7 heteroatoms. The molecule has 2 heterocycles. The number of aromatic nitrogens is 2. The molecular formula is C20H28IN5S. The molecule has 0 unspecified atom stereocenters. The van der Waals surface area contributed by atoms with Gasteiger partial charge in [0.05, 0.1) is 17.2 Å². The number of para-hydroxylation sites is 1. The van der Waals surface area contributed by atoms with Crippen LogP contribution >= 0.6 is 35.3 Å². The lowest BCUT2D eigenvalue weighted by molar-refractivity contribution is 0.471. The van der Waals surface area contributed by atoms with E-state index in [1.54, 1.807) is 11.3 Å². The van der Waals surface area contributed by atoms with E-state index >= 15 is 0 Å². The molecule has 0 aliphatic heterocycles. The highest BCUT2D eigenvalue weighted by molar-refractivity contribution is 14.0. The van der Waals surface area contributed by atoms with Crippen LogP contribution in [0.5, 0.6) is 0 Å². The molecule has 1 aromatic carbocycles. The van der Waals surface area contributed by atoms with E-state index in [-0.39, 0.29) is 24.0 Å². The normalized spacial score (nSPS) is 11.5. The molecule has 0 amide bonds. The lowest BCUT2D eigenvalue weighted by Gasteiger charge is -2.21. The molecule has 3 rings (SSSR count). The van der Waals surface area contributed by atoms with E-state index in [9.17, 15) is 0 Å². The maximum absolute atomic E-state index is 4.81. The van der Waals surface area contributed by atoms with Gasteiger partial charge in [-0.1, -0.05) is 18.2 Å². The van der Waals surface area contributed by atoms with Crippen LogP contribution in [0.1, 0.15) is 28.8 Å². The Morgan fingerprint density at radius 1 is 1.33 bits per heavy atom. The quantitative estimate of drug-likeness (QED) is 0.300. The number of guanidine groups is 1. The first-order chi connectivity index (χ1) is 12.6. The fourth-order valence-corrected chi connectivity index (χ4v) is 3.73. The maximum atomic E-state index is 4.81. The fourth-order valence-electron chi connectivity index (χ4n) is 3.12. The minimum absolute atomic E-state index is 0. The van der Waals surface area contributed by atoms with Gasteiger partial charge in [-0.2, -0.15) is 0 Å². The summed E-state index contributed by atoms with van der Waals surface area (Å²) in [4.78, 5) is 14.9. The molecule has 3 aromatic rings. The van der Waals surface area contributed by atoms with E-state index in [1.165, 1.54) is 22.0 Å².